The molecule has 3 heteroatoms. The first kappa shape index (κ1) is 12.7. The largest absolute Gasteiger partial charge is 0.377 e. The molecule has 17 heavy (non-hydrogen) atoms. The number of hydrogen-bond donors (Lipinski definition) is 1. The number of thiophene rings is 1. The number of nitrogens with one attached hydrogen (secondary N) is 1. The van der Waals surface area contributed by atoms with E-state index in [9.17, 15) is 0 Å². The van der Waals surface area contributed by atoms with Crippen molar-refractivity contribution in [3.63, 3.8) is 0 Å². The van der Waals surface area contributed by atoms with Crippen LogP contribution in [0.3, 0.4) is 0 Å². The topological polar surface area (TPSA) is 12.0 Å². The molecule has 0 aliphatic heterocycles. The van der Waals surface area contributed by atoms with Crippen LogP contribution in [0.4, 0.5) is 5.69 Å². The summed E-state index contributed by atoms with van der Waals surface area (Å²) >= 11 is 5.41. The van der Waals surface area contributed by atoms with Crippen LogP contribution in [0.25, 0.3) is 0 Å². The minimum Gasteiger partial charge on any atom is -0.377 e. The van der Waals surface area contributed by atoms with Crippen LogP contribution in [0, 0.1) is 13.8 Å². The first-order valence-electron chi connectivity index (χ1n) is 5.66. The minimum absolute atomic E-state index is 0.349. The van der Waals surface area contributed by atoms with Crippen molar-refractivity contribution in [3.05, 3.63) is 50.1 Å². The van der Waals surface area contributed by atoms with Crippen molar-refractivity contribution in [2.45, 2.75) is 26.8 Å². The lowest BCUT2D eigenvalue weighted by molar-refractivity contribution is 0.905. The molecular weight excluding hydrogens is 294 g/mol. The molecule has 0 amide bonds. The van der Waals surface area contributed by atoms with Gasteiger partial charge in [-0.2, -0.15) is 0 Å². The highest BCUT2D eigenvalue weighted by atomic mass is 79.9. The Labute approximate surface area is 115 Å². The van der Waals surface area contributed by atoms with Crippen LogP contribution in [-0.2, 0) is 0 Å². The molecule has 0 spiro atoms. The quantitative estimate of drug-likeness (QED) is 0.811. The van der Waals surface area contributed by atoms with Gasteiger partial charge in [-0.15, -0.1) is 11.3 Å². The smallest absolute Gasteiger partial charge is 0.0578 e. The van der Waals surface area contributed by atoms with Gasteiger partial charge in [0.1, 0.15) is 0 Å². The zero-order chi connectivity index (χ0) is 12.4. The lowest BCUT2D eigenvalue weighted by Crippen LogP contribution is -2.06. The number of aryl methyl sites for hydroxylation is 1. The minimum atomic E-state index is 0.349. The maximum Gasteiger partial charge on any atom is 0.0578 e. The summed E-state index contributed by atoms with van der Waals surface area (Å²) in [5.41, 5.74) is 2.45. The maximum absolute atomic E-state index is 3.56. The molecule has 0 bridgehead atoms. The van der Waals surface area contributed by atoms with E-state index in [2.05, 4.69) is 72.3 Å². The molecule has 1 atom stereocenters. The number of anilines is 1. The average Bonchev–Trinajstić information content (AvgIpc) is 2.72. The Bertz CT molecular complexity index is 519. The van der Waals surface area contributed by atoms with Crippen molar-refractivity contribution in [2.24, 2.45) is 0 Å². The molecule has 0 saturated carbocycles. The molecule has 1 N–H and O–H groups in total. The van der Waals surface area contributed by atoms with Gasteiger partial charge in [0.2, 0.25) is 0 Å². The van der Waals surface area contributed by atoms with Crippen LogP contribution in [0.5, 0.6) is 0 Å². The van der Waals surface area contributed by atoms with Crippen molar-refractivity contribution >= 4 is 33.0 Å². The van der Waals surface area contributed by atoms with E-state index in [0.717, 1.165) is 4.47 Å². The van der Waals surface area contributed by atoms with Gasteiger partial charge in [-0.3, -0.25) is 0 Å². The molecule has 2 rings (SSSR count). The van der Waals surface area contributed by atoms with Gasteiger partial charge in [0.05, 0.1) is 6.04 Å². The van der Waals surface area contributed by atoms with Crippen LogP contribution in [0.2, 0.25) is 0 Å². The number of hydrogen-bond acceptors (Lipinski definition) is 2. The molecular formula is C14H16BrNS. The number of rotatable bonds is 3. The van der Waals surface area contributed by atoms with Crippen LogP contribution < -0.4 is 5.32 Å². The molecule has 0 aliphatic rings. The Hall–Kier alpha value is -0.800. The van der Waals surface area contributed by atoms with Crippen molar-refractivity contribution in [2.75, 3.05) is 5.32 Å². The van der Waals surface area contributed by atoms with E-state index in [4.69, 9.17) is 0 Å². The highest BCUT2D eigenvalue weighted by Gasteiger charge is 2.09. The van der Waals surface area contributed by atoms with Gasteiger partial charge in [-0.1, -0.05) is 22.0 Å². The maximum atomic E-state index is 3.56. The Kier molecular flexibility index (Phi) is 3.89. The lowest BCUT2D eigenvalue weighted by atomic mass is 10.1. The highest BCUT2D eigenvalue weighted by Crippen LogP contribution is 2.29. The van der Waals surface area contributed by atoms with Gasteiger partial charge >= 0.3 is 0 Å². The molecule has 0 aliphatic carbocycles. The second kappa shape index (κ2) is 5.23. The molecule has 1 aromatic heterocycles. The second-order valence-electron chi connectivity index (χ2n) is 4.23. The summed E-state index contributed by atoms with van der Waals surface area (Å²) in [4.78, 5) is 2.74. The molecule has 90 valence electrons. The van der Waals surface area contributed by atoms with Crippen molar-refractivity contribution in [3.8, 4) is 0 Å². The van der Waals surface area contributed by atoms with Crippen molar-refractivity contribution in [1.82, 2.24) is 0 Å². The van der Waals surface area contributed by atoms with E-state index >= 15 is 0 Å². The molecule has 2 aromatic rings. The van der Waals surface area contributed by atoms with Crippen molar-refractivity contribution < 1.29 is 0 Å². The Morgan fingerprint density at radius 2 is 1.94 bits per heavy atom. The predicted octanol–water partition coefficient (Wildman–Crippen LogP) is 5.30. The van der Waals surface area contributed by atoms with E-state index in [1.54, 1.807) is 0 Å². The van der Waals surface area contributed by atoms with E-state index in [-0.39, 0.29) is 0 Å². The first-order chi connectivity index (χ1) is 8.08. The summed E-state index contributed by atoms with van der Waals surface area (Å²) in [6, 6.07) is 11.0. The van der Waals surface area contributed by atoms with Gasteiger partial charge < -0.3 is 5.32 Å². The summed E-state index contributed by atoms with van der Waals surface area (Å²) < 4.78 is 1.15. The van der Waals surface area contributed by atoms with Crippen LogP contribution in [0.1, 0.15) is 28.3 Å². The van der Waals surface area contributed by atoms with Crippen molar-refractivity contribution in [1.29, 1.82) is 0 Å². The summed E-state index contributed by atoms with van der Waals surface area (Å²) in [6.07, 6.45) is 0. The van der Waals surface area contributed by atoms with E-state index in [1.807, 2.05) is 11.3 Å². The normalized spacial score (nSPS) is 12.5. The molecule has 0 fully saturated rings. The lowest BCUT2D eigenvalue weighted by Gasteiger charge is -2.16. The van der Waals surface area contributed by atoms with E-state index in [1.165, 1.54) is 21.0 Å². The van der Waals surface area contributed by atoms with E-state index < -0.39 is 0 Å². The fourth-order valence-electron chi connectivity index (χ4n) is 1.75. The SMILES string of the molecule is Cc1ccc(C(C)Nc2cccc(Br)c2C)s1. The van der Waals surface area contributed by atoms with Gasteiger partial charge in [-0.05, 0) is 50.6 Å². The van der Waals surface area contributed by atoms with Gasteiger partial charge in [0, 0.05) is 19.9 Å². The molecule has 0 radical (unpaired) electrons. The molecule has 1 aromatic carbocycles. The van der Waals surface area contributed by atoms with Gasteiger partial charge in [0.25, 0.3) is 0 Å². The number of halogens is 1. The third-order valence-electron chi connectivity index (χ3n) is 2.83. The third-order valence-corrected chi connectivity index (χ3v) is 4.87. The Morgan fingerprint density at radius 1 is 1.18 bits per heavy atom. The van der Waals surface area contributed by atoms with Crippen LogP contribution >= 0.6 is 27.3 Å². The van der Waals surface area contributed by atoms with Gasteiger partial charge in [0.15, 0.2) is 0 Å². The number of benzene rings is 1. The molecule has 1 unspecified atom stereocenters. The van der Waals surface area contributed by atoms with Crippen LogP contribution in [-0.4, -0.2) is 0 Å². The first-order valence-corrected chi connectivity index (χ1v) is 7.27. The fraction of sp³-hybridized carbons (Fsp3) is 0.286. The van der Waals surface area contributed by atoms with Gasteiger partial charge in [-0.25, -0.2) is 0 Å². The Morgan fingerprint density at radius 3 is 2.59 bits per heavy atom. The summed E-state index contributed by atoms with van der Waals surface area (Å²) in [6.45, 7) is 6.47. The fourth-order valence-corrected chi connectivity index (χ4v) is 3.00. The molecule has 1 heterocycles. The van der Waals surface area contributed by atoms with E-state index in [0.29, 0.717) is 6.04 Å². The monoisotopic (exact) mass is 309 g/mol. The standard InChI is InChI=1S/C14H16BrNS/c1-9-7-8-14(17-9)11(3)16-13-6-4-5-12(15)10(13)2/h4-8,11,16H,1-3H3. The molecule has 1 nitrogen and oxygen atoms in total. The van der Waals surface area contributed by atoms with Crippen LogP contribution in [0.15, 0.2) is 34.8 Å². The summed E-state index contributed by atoms with van der Waals surface area (Å²) in [7, 11) is 0. The second-order valence-corrected chi connectivity index (χ2v) is 6.40. The third kappa shape index (κ3) is 2.90. The average molecular weight is 310 g/mol. The molecule has 0 saturated heterocycles. The Balaban J connectivity index is 2.18. The highest BCUT2D eigenvalue weighted by molar-refractivity contribution is 9.10. The zero-order valence-electron chi connectivity index (χ0n) is 10.3. The summed E-state index contributed by atoms with van der Waals surface area (Å²) in [5, 5.41) is 3.56. The zero-order valence-corrected chi connectivity index (χ0v) is 12.7. The predicted molar refractivity (Wildman–Crippen MR) is 80.0 cm³/mol. The summed E-state index contributed by atoms with van der Waals surface area (Å²) in [5.74, 6) is 0.